The molecule has 6 aromatic rings. The molecule has 0 fully saturated rings. The molecule has 35 heavy (non-hydrogen) atoms. The molecule has 0 radical (unpaired) electrons. The highest BCUT2D eigenvalue weighted by Crippen LogP contribution is 2.34. The molecule has 0 spiro atoms. The van der Waals surface area contributed by atoms with Crippen molar-refractivity contribution in [2.24, 2.45) is 0 Å². The Kier molecular flexibility index (Phi) is 4.84. The van der Waals surface area contributed by atoms with Crippen molar-refractivity contribution >= 4 is 33.5 Å². The second-order valence-electron chi connectivity index (χ2n) is 7.94. The van der Waals surface area contributed by atoms with Gasteiger partial charge in [0.25, 0.3) is 0 Å². The van der Waals surface area contributed by atoms with Gasteiger partial charge in [-0.25, -0.2) is 9.37 Å². The molecular formula is C25H18FN7O2. The predicted molar refractivity (Wildman–Crippen MR) is 129 cm³/mol. The van der Waals surface area contributed by atoms with Crippen molar-refractivity contribution in [1.82, 2.24) is 30.1 Å². The summed E-state index contributed by atoms with van der Waals surface area (Å²) < 4.78 is 21.1. The molecule has 0 unspecified atom stereocenters. The van der Waals surface area contributed by atoms with Gasteiger partial charge in [0.2, 0.25) is 5.91 Å². The van der Waals surface area contributed by atoms with Gasteiger partial charge in [0.1, 0.15) is 11.4 Å². The number of nitrogens with zero attached hydrogens (tertiary/aromatic N) is 4. The minimum Gasteiger partial charge on any atom is -0.472 e. The van der Waals surface area contributed by atoms with Crippen molar-refractivity contribution in [2.45, 2.75) is 13.3 Å². The lowest BCUT2D eigenvalue weighted by Crippen LogP contribution is -2.09. The average Bonchev–Trinajstić information content (AvgIpc) is 3.63. The number of halogens is 1. The number of pyridine rings is 2. The first-order valence-corrected chi connectivity index (χ1v) is 10.9. The fourth-order valence-electron chi connectivity index (χ4n) is 4.03. The number of nitrogens with one attached hydrogen (secondary N) is 3. The van der Waals surface area contributed by atoms with Crippen LogP contribution in [0.2, 0.25) is 0 Å². The molecule has 0 aliphatic rings. The first kappa shape index (κ1) is 20.7. The first-order valence-electron chi connectivity index (χ1n) is 10.9. The topological polar surface area (TPSA) is 125 Å². The van der Waals surface area contributed by atoms with Gasteiger partial charge in [0.05, 0.1) is 52.5 Å². The molecule has 0 aliphatic carbocycles. The largest absolute Gasteiger partial charge is 0.472 e. The van der Waals surface area contributed by atoms with Gasteiger partial charge in [-0.3, -0.25) is 19.9 Å². The molecule has 0 aliphatic heterocycles. The second-order valence-corrected chi connectivity index (χ2v) is 7.94. The number of aromatic amines is 2. The normalized spacial score (nSPS) is 11.4. The van der Waals surface area contributed by atoms with Crippen molar-refractivity contribution in [1.29, 1.82) is 0 Å². The lowest BCUT2D eigenvalue weighted by Gasteiger charge is -2.07. The zero-order chi connectivity index (χ0) is 23.9. The number of furan rings is 1. The summed E-state index contributed by atoms with van der Waals surface area (Å²) in [7, 11) is 0. The lowest BCUT2D eigenvalue weighted by molar-refractivity contribution is -0.115. The summed E-state index contributed by atoms with van der Waals surface area (Å²) >= 11 is 0. The van der Waals surface area contributed by atoms with Gasteiger partial charge in [0.15, 0.2) is 11.6 Å². The third-order valence-corrected chi connectivity index (χ3v) is 5.73. The van der Waals surface area contributed by atoms with E-state index in [0.29, 0.717) is 34.7 Å². The predicted octanol–water partition coefficient (Wildman–Crippen LogP) is 5.31. The Hall–Kier alpha value is -4.86. The molecular weight excluding hydrogens is 449 g/mol. The van der Waals surface area contributed by atoms with E-state index < -0.39 is 5.82 Å². The summed E-state index contributed by atoms with van der Waals surface area (Å²) in [6, 6.07) is 9.25. The Morgan fingerprint density at radius 3 is 2.86 bits per heavy atom. The summed E-state index contributed by atoms with van der Waals surface area (Å²) in [5.41, 5.74) is 5.03. The highest BCUT2D eigenvalue weighted by Gasteiger charge is 2.21. The smallest absolute Gasteiger partial charge is 0.224 e. The number of aromatic nitrogens is 6. The first-order chi connectivity index (χ1) is 17.1. The number of hydrogen-bond donors (Lipinski definition) is 3. The van der Waals surface area contributed by atoms with Gasteiger partial charge in [0, 0.05) is 29.3 Å². The Morgan fingerprint density at radius 1 is 1.11 bits per heavy atom. The van der Waals surface area contributed by atoms with E-state index in [9.17, 15) is 4.79 Å². The van der Waals surface area contributed by atoms with E-state index in [1.807, 2.05) is 24.3 Å². The van der Waals surface area contributed by atoms with Crippen molar-refractivity contribution in [3.8, 4) is 33.9 Å². The Balaban J connectivity index is 1.48. The zero-order valence-corrected chi connectivity index (χ0v) is 18.5. The Labute approximate surface area is 197 Å². The number of hydrogen-bond acceptors (Lipinski definition) is 6. The average molecular weight is 467 g/mol. The van der Waals surface area contributed by atoms with Crippen molar-refractivity contribution in [3.05, 3.63) is 67.3 Å². The summed E-state index contributed by atoms with van der Waals surface area (Å²) in [6.45, 7) is 1.75. The van der Waals surface area contributed by atoms with Crippen LogP contribution in [0.15, 0.2) is 65.9 Å². The maximum Gasteiger partial charge on any atom is 0.224 e. The number of carbonyl (C=O) groups excluding carboxylic acids is 1. The van der Waals surface area contributed by atoms with E-state index in [1.165, 1.54) is 18.6 Å². The van der Waals surface area contributed by atoms with Gasteiger partial charge in [-0.1, -0.05) is 19.1 Å². The van der Waals surface area contributed by atoms with E-state index in [1.54, 1.807) is 25.5 Å². The van der Waals surface area contributed by atoms with Crippen molar-refractivity contribution in [3.63, 3.8) is 0 Å². The molecule has 0 atom stereocenters. The molecule has 5 aromatic heterocycles. The van der Waals surface area contributed by atoms with Crippen LogP contribution in [0.5, 0.6) is 0 Å². The summed E-state index contributed by atoms with van der Waals surface area (Å²) in [5, 5.41) is 10.1. The Morgan fingerprint density at radius 2 is 2.03 bits per heavy atom. The molecule has 0 saturated heterocycles. The maximum atomic E-state index is 15.9. The number of benzene rings is 1. The van der Waals surface area contributed by atoms with Crippen LogP contribution in [0, 0.1) is 5.82 Å². The highest BCUT2D eigenvalue weighted by molar-refractivity contribution is 5.98. The van der Waals surface area contributed by atoms with Gasteiger partial charge in [-0.2, -0.15) is 5.10 Å². The minimum absolute atomic E-state index is 0.0930. The van der Waals surface area contributed by atoms with E-state index >= 15 is 4.39 Å². The highest BCUT2D eigenvalue weighted by atomic mass is 19.1. The molecule has 6 rings (SSSR count). The monoisotopic (exact) mass is 467 g/mol. The van der Waals surface area contributed by atoms with Crippen LogP contribution in [0.25, 0.3) is 55.8 Å². The molecule has 1 amide bonds. The minimum atomic E-state index is -0.567. The molecule has 5 heterocycles. The molecule has 3 N–H and O–H groups in total. The third kappa shape index (κ3) is 3.52. The van der Waals surface area contributed by atoms with Crippen LogP contribution in [0.3, 0.4) is 0 Å². The van der Waals surface area contributed by atoms with Gasteiger partial charge >= 0.3 is 0 Å². The SMILES string of the molecule is CCC(=O)Nc1cncc(-c2ncc3[nH]nc(-c4nc5c(-c6ccoc6)cccc5[nH]4)c3c2F)c1. The number of rotatable bonds is 5. The van der Waals surface area contributed by atoms with E-state index in [4.69, 9.17) is 9.40 Å². The van der Waals surface area contributed by atoms with Gasteiger partial charge < -0.3 is 14.7 Å². The van der Waals surface area contributed by atoms with E-state index in [2.05, 4.69) is 30.5 Å². The van der Waals surface area contributed by atoms with Crippen LogP contribution in [0.4, 0.5) is 10.1 Å². The number of amides is 1. The molecule has 9 nitrogen and oxygen atoms in total. The molecule has 1 aromatic carbocycles. The van der Waals surface area contributed by atoms with Crippen LogP contribution >= 0.6 is 0 Å². The number of anilines is 1. The van der Waals surface area contributed by atoms with Crippen LogP contribution < -0.4 is 5.32 Å². The maximum absolute atomic E-state index is 15.9. The number of H-pyrrole nitrogens is 2. The van der Waals surface area contributed by atoms with Gasteiger partial charge in [-0.05, 0) is 18.2 Å². The number of imidazole rings is 1. The molecule has 172 valence electrons. The third-order valence-electron chi connectivity index (χ3n) is 5.73. The molecule has 10 heteroatoms. The van der Waals surface area contributed by atoms with Crippen LogP contribution in [-0.2, 0) is 4.79 Å². The van der Waals surface area contributed by atoms with Gasteiger partial charge in [-0.15, -0.1) is 0 Å². The van der Waals surface area contributed by atoms with Crippen molar-refractivity contribution < 1.29 is 13.6 Å². The summed E-state index contributed by atoms with van der Waals surface area (Å²) in [5.74, 6) is -0.313. The standard InChI is InChI=1S/C25H18FN7O2/c1-2-19(34)29-15-8-14(9-27-10-15)22-21(26)20-18(11-28-22)32-33-24(20)25-30-17-5-3-4-16(23(17)31-25)13-6-7-35-12-13/h3-12H,2H2,1H3,(H,29,34)(H,30,31)(H,32,33). The Bertz CT molecular complexity index is 1700. The molecule has 0 saturated carbocycles. The molecule has 0 bridgehead atoms. The van der Waals surface area contributed by atoms with Crippen LogP contribution in [-0.4, -0.2) is 36.0 Å². The van der Waals surface area contributed by atoms with Crippen LogP contribution in [0.1, 0.15) is 13.3 Å². The zero-order valence-electron chi connectivity index (χ0n) is 18.5. The quantitative estimate of drug-likeness (QED) is 0.315. The van der Waals surface area contributed by atoms with Crippen molar-refractivity contribution in [2.75, 3.05) is 5.32 Å². The number of carbonyl (C=O) groups is 1. The summed E-state index contributed by atoms with van der Waals surface area (Å²) in [4.78, 5) is 28.1. The fourth-order valence-corrected chi connectivity index (χ4v) is 4.03. The van der Waals surface area contributed by atoms with E-state index in [0.717, 1.165) is 22.2 Å². The fraction of sp³-hybridized carbons (Fsp3) is 0.0800. The van der Waals surface area contributed by atoms with E-state index in [-0.39, 0.29) is 17.0 Å². The summed E-state index contributed by atoms with van der Waals surface area (Å²) in [6.07, 6.45) is 8.09. The second kappa shape index (κ2) is 8.17. The number of para-hydroxylation sites is 1. The lowest BCUT2D eigenvalue weighted by atomic mass is 10.1. The number of fused-ring (bicyclic) bond motifs is 2.